The predicted molar refractivity (Wildman–Crippen MR) is 55.9 cm³/mol. The molecule has 0 aliphatic heterocycles. The Bertz CT molecular complexity index is 260. The molecule has 0 spiro atoms. The maximum atomic E-state index is 12.9. The van der Waals surface area contributed by atoms with E-state index >= 15 is 0 Å². The van der Waals surface area contributed by atoms with Crippen LogP contribution in [0.15, 0.2) is 0 Å². The molecule has 6 heteroatoms. The van der Waals surface area contributed by atoms with E-state index < -0.39 is 35.5 Å². The summed E-state index contributed by atoms with van der Waals surface area (Å²) >= 11 is 0. The Morgan fingerprint density at radius 1 is 0.722 bits per heavy atom. The summed E-state index contributed by atoms with van der Waals surface area (Å²) in [6, 6.07) is 0. The fourth-order valence-electron chi connectivity index (χ4n) is 3.14. The minimum atomic E-state index is -4.55. The Kier molecular flexibility index (Phi) is 4.00. The highest BCUT2D eigenvalue weighted by molar-refractivity contribution is 4.94. The van der Waals surface area contributed by atoms with Gasteiger partial charge < -0.3 is 0 Å². The van der Waals surface area contributed by atoms with Crippen LogP contribution in [-0.4, -0.2) is 12.4 Å². The molecule has 0 aromatic carbocycles. The lowest BCUT2D eigenvalue weighted by atomic mass is 9.61. The minimum Gasteiger partial charge on any atom is -0.171 e. The van der Waals surface area contributed by atoms with Crippen molar-refractivity contribution in [1.29, 1.82) is 0 Å². The first-order valence-electron chi connectivity index (χ1n) is 5.98. The lowest BCUT2D eigenvalue weighted by Gasteiger charge is -2.46. The highest BCUT2D eigenvalue weighted by Gasteiger charge is 2.58. The van der Waals surface area contributed by atoms with Gasteiger partial charge in [0.2, 0.25) is 0 Å². The summed E-state index contributed by atoms with van der Waals surface area (Å²) in [4.78, 5) is 0. The third-order valence-corrected chi connectivity index (χ3v) is 3.74. The van der Waals surface area contributed by atoms with Crippen LogP contribution in [0.25, 0.3) is 0 Å². The molecule has 0 amide bonds. The van der Waals surface area contributed by atoms with Crippen molar-refractivity contribution in [2.75, 3.05) is 0 Å². The molecule has 1 fully saturated rings. The molecular formula is C12H18F6. The predicted octanol–water partition coefficient (Wildman–Crippen LogP) is 5.19. The second-order valence-electron chi connectivity index (χ2n) is 6.12. The Labute approximate surface area is 103 Å². The van der Waals surface area contributed by atoms with Crippen LogP contribution in [0.2, 0.25) is 0 Å². The number of halogens is 6. The van der Waals surface area contributed by atoms with Gasteiger partial charge in [0.15, 0.2) is 0 Å². The van der Waals surface area contributed by atoms with E-state index in [1.807, 2.05) is 0 Å². The van der Waals surface area contributed by atoms with E-state index in [0.717, 1.165) is 0 Å². The van der Waals surface area contributed by atoms with E-state index in [9.17, 15) is 26.3 Å². The molecule has 0 nitrogen and oxygen atoms in total. The summed E-state index contributed by atoms with van der Waals surface area (Å²) in [5.41, 5.74) is -1.01. The van der Waals surface area contributed by atoms with Gasteiger partial charge in [-0.2, -0.15) is 26.3 Å². The van der Waals surface area contributed by atoms with Crippen molar-refractivity contribution < 1.29 is 26.3 Å². The SMILES string of the molecule is CC(C)(C)C1C(C(F)(F)F)CCCC1C(F)(F)F. The fraction of sp³-hybridized carbons (Fsp3) is 1.00. The van der Waals surface area contributed by atoms with Crippen molar-refractivity contribution in [3.8, 4) is 0 Å². The molecule has 108 valence electrons. The molecule has 0 radical (unpaired) electrons. The van der Waals surface area contributed by atoms with E-state index in [1.54, 1.807) is 0 Å². The zero-order valence-corrected chi connectivity index (χ0v) is 10.6. The van der Waals surface area contributed by atoms with Crippen LogP contribution < -0.4 is 0 Å². The van der Waals surface area contributed by atoms with Crippen LogP contribution in [-0.2, 0) is 0 Å². The summed E-state index contributed by atoms with van der Waals surface area (Å²) in [5, 5.41) is 0. The van der Waals surface area contributed by atoms with Crippen molar-refractivity contribution in [3.63, 3.8) is 0 Å². The third kappa shape index (κ3) is 3.32. The van der Waals surface area contributed by atoms with Crippen LogP contribution in [0.5, 0.6) is 0 Å². The highest BCUT2D eigenvalue weighted by Crippen LogP contribution is 2.55. The monoisotopic (exact) mass is 276 g/mol. The first-order valence-corrected chi connectivity index (χ1v) is 5.98. The van der Waals surface area contributed by atoms with Crippen LogP contribution >= 0.6 is 0 Å². The molecule has 0 aromatic heterocycles. The molecule has 1 saturated carbocycles. The van der Waals surface area contributed by atoms with Gasteiger partial charge in [0.1, 0.15) is 0 Å². The summed E-state index contributed by atoms with van der Waals surface area (Å²) in [7, 11) is 0. The average Bonchev–Trinajstić information content (AvgIpc) is 2.12. The first-order chi connectivity index (χ1) is 7.85. The van der Waals surface area contributed by atoms with Gasteiger partial charge >= 0.3 is 12.4 Å². The largest absolute Gasteiger partial charge is 0.392 e. The van der Waals surface area contributed by atoms with Crippen molar-refractivity contribution in [2.45, 2.75) is 52.4 Å². The molecule has 1 rings (SSSR count). The van der Waals surface area contributed by atoms with Crippen LogP contribution in [0.3, 0.4) is 0 Å². The zero-order chi connectivity index (χ0) is 14.4. The smallest absolute Gasteiger partial charge is 0.171 e. The quantitative estimate of drug-likeness (QED) is 0.534. The molecule has 0 bridgehead atoms. The van der Waals surface area contributed by atoms with Crippen LogP contribution in [0.4, 0.5) is 26.3 Å². The van der Waals surface area contributed by atoms with Crippen LogP contribution in [0, 0.1) is 23.2 Å². The summed E-state index contributed by atoms with van der Waals surface area (Å²) in [6.07, 6.45) is -9.51. The van der Waals surface area contributed by atoms with Gasteiger partial charge in [0.05, 0.1) is 11.8 Å². The number of hydrogen-bond donors (Lipinski definition) is 0. The van der Waals surface area contributed by atoms with E-state index in [1.165, 1.54) is 20.8 Å². The molecule has 1 aliphatic rings. The van der Waals surface area contributed by atoms with E-state index in [0.29, 0.717) is 0 Å². The zero-order valence-electron chi connectivity index (χ0n) is 10.6. The topological polar surface area (TPSA) is 0 Å². The highest BCUT2D eigenvalue weighted by atomic mass is 19.4. The standard InChI is InChI=1S/C12H18F6/c1-10(2,3)9-7(11(13,14)15)5-4-6-8(9)12(16,17)18/h7-9H,4-6H2,1-3H3. The normalized spacial score (nSPS) is 31.5. The Balaban J connectivity index is 3.14. The summed E-state index contributed by atoms with van der Waals surface area (Å²) < 4.78 is 77.5. The molecule has 18 heavy (non-hydrogen) atoms. The third-order valence-electron chi connectivity index (χ3n) is 3.74. The summed E-state index contributed by atoms with van der Waals surface area (Å²) in [6.45, 7) is 4.38. The van der Waals surface area contributed by atoms with Crippen molar-refractivity contribution in [3.05, 3.63) is 0 Å². The van der Waals surface area contributed by atoms with E-state index in [4.69, 9.17) is 0 Å². The van der Waals surface area contributed by atoms with Gasteiger partial charge in [-0.05, 0) is 24.2 Å². The average molecular weight is 276 g/mol. The van der Waals surface area contributed by atoms with Crippen molar-refractivity contribution in [2.24, 2.45) is 23.2 Å². The van der Waals surface area contributed by atoms with Gasteiger partial charge in [-0.1, -0.05) is 27.2 Å². The van der Waals surface area contributed by atoms with Gasteiger partial charge in [-0.3, -0.25) is 0 Å². The van der Waals surface area contributed by atoms with E-state index in [2.05, 4.69) is 0 Å². The number of hydrogen-bond acceptors (Lipinski definition) is 0. The molecule has 2 unspecified atom stereocenters. The van der Waals surface area contributed by atoms with Crippen LogP contribution in [0.1, 0.15) is 40.0 Å². The Morgan fingerprint density at radius 3 is 1.28 bits per heavy atom. The maximum Gasteiger partial charge on any atom is 0.392 e. The molecule has 0 aromatic rings. The van der Waals surface area contributed by atoms with Gasteiger partial charge in [0.25, 0.3) is 0 Å². The van der Waals surface area contributed by atoms with Crippen molar-refractivity contribution >= 4 is 0 Å². The number of alkyl halides is 6. The molecule has 1 aliphatic carbocycles. The number of rotatable bonds is 0. The second kappa shape index (κ2) is 4.60. The lowest BCUT2D eigenvalue weighted by Crippen LogP contribution is -2.48. The lowest BCUT2D eigenvalue weighted by molar-refractivity contribution is -0.261. The fourth-order valence-corrected chi connectivity index (χ4v) is 3.14. The summed E-state index contributed by atoms with van der Waals surface area (Å²) in [5.74, 6) is -5.10. The Morgan fingerprint density at radius 2 is 1.06 bits per heavy atom. The van der Waals surface area contributed by atoms with Gasteiger partial charge in [0, 0.05) is 0 Å². The molecule has 0 heterocycles. The Hall–Kier alpha value is -0.420. The minimum absolute atomic E-state index is 0.0130. The molecule has 0 saturated heterocycles. The molecule has 0 N–H and O–H groups in total. The van der Waals surface area contributed by atoms with Gasteiger partial charge in [-0.25, -0.2) is 0 Å². The van der Waals surface area contributed by atoms with Crippen molar-refractivity contribution in [1.82, 2.24) is 0 Å². The molecular weight excluding hydrogens is 258 g/mol. The molecule has 2 atom stereocenters. The van der Waals surface area contributed by atoms with E-state index in [-0.39, 0.29) is 19.3 Å². The maximum absolute atomic E-state index is 12.9. The first kappa shape index (κ1) is 15.6. The second-order valence-corrected chi connectivity index (χ2v) is 6.12. The van der Waals surface area contributed by atoms with Gasteiger partial charge in [-0.15, -0.1) is 0 Å².